The maximum Gasteiger partial charge on any atom is 0.472 e. The molecule has 9 heteroatoms. The SMILES string of the molecule is CCCCC/C=C\C/C=C\C/C=C\CCCCCCCCC(=O)NC(COP(=O)(O)OCC[N+](C)(C)C)C(O)/C=C/CC/C=C/CC/C=C/CCCCCCCCCCCCCCCCCC. The lowest BCUT2D eigenvalue weighted by Crippen LogP contribution is -2.45. The molecule has 0 aliphatic heterocycles. The Labute approximate surface area is 414 Å². The Hall–Kier alpha value is -2.06. The summed E-state index contributed by atoms with van der Waals surface area (Å²) in [6.07, 6.45) is 67.2. The minimum Gasteiger partial charge on any atom is -0.387 e. The Morgan fingerprint density at radius 1 is 0.507 bits per heavy atom. The van der Waals surface area contributed by atoms with Gasteiger partial charge in [0, 0.05) is 6.42 Å². The second-order valence-corrected chi connectivity index (χ2v) is 21.4. The number of hydrogen-bond acceptors (Lipinski definition) is 5. The smallest absolute Gasteiger partial charge is 0.387 e. The summed E-state index contributed by atoms with van der Waals surface area (Å²) < 4.78 is 23.6. The second kappa shape index (κ2) is 48.9. The lowest BCUT2D eigenvalue weighted by Gasteiger charge is -2.25. The molecule has 3 unspecified atom stereocenters. The largest absolute Gasteiger partial charge is 0.472 e. The maximum atomic E-state index is 12.9. The van der Waals surface area contributed by atoms with Gasteiger partial charge in [-0.3, -0.25) is 13.8 Å². The Morgan fingerprint density at radius 3 is 1.33 bits per heavy atom. The first kappa shape index (κ1) is 64.9. The molecule has 0 aromatic rings. The van der Waals surface area contributed by atoms with Crippen LogP contribution in [-0.2, 0) is 18.4 Å². The molecule has 0 spiro atoms. The van der Waals surface area contributed by atoms with Crippen LogP contribution in [0.15, 0.2) is 72.9 Å². The zero-order valence-corrected chi connectivity index (χ0v) is 45.3. The van der Waals surface area contributed by atoms with Gasteiger partial charge in [-0.05, 0) is 83.5 Å². The standard InChI is InChI=1S/C58H107N2O6P/c1-6-8-10-12-14-16-18-20-22-24-26-27-28-29-30-31-32-34-35-37-39-41-43-45-47-49-51-57(61)56(55-66-67(63,64)65-54-53-60(3,4)5)59-58(62)52-50-48-46-44-42-40-38-36-33-25-23-21-19-17-15-13-11-9-7-2/h15,17,21,23,33-36,41,43,49,51,56-57,61H,6-14,16,18-20,22,24-32,37-40,42,44-48,50,52-55H2,1-5H3,(H-,59,62,63,64)/p+1/b17-15-,23-21-,35-34+,36-33-,43-41+,51-49+. The molecule has 0 saturated carbocycles. The van der Waals surface area contributed by atoms with Crippen LogP contribution < -0.4 is 5.32 Å². The van der Waals surface area contributed by atoms with Gasteiger partial charge >= 0.3 is 7.82 Å². The third-order valence-electron chi connectivity index (χ3n) is 12.1. The third-order valence-corrected chi connectivity index (χ3v) is 13.1. The van der Waals surface area contributed by atoms with Crippen LogP contribution in [0.3, 0.4) is 0 Å². The van der Waals surface area contributed by atoms with E-state index in [0.717, 1.165) is 70.6 Å². The molecule has 0 saturated heterocycles. The maximum absolute atomic E-state index is 12.9. The van der Waals surface area contributed by atoms with Crippen LogP contribution >= 0.6 is 7.82 Å². The van der Waals surface area contributed by atoms with Gasteiger partial charge in [-0.2, -0.15) is 0 Å². The number of phosphoric ester groups is 1. The molecule has 0 aromatic carbocycles. The van der Waals surface area contributed by atoms with E-state index in [1.807, 2.05) is 27.2 Å². The van der Waals surface area contributed by atoms with E-state index < -0.39 is 20.0 Å². The summed E-state index contributed by atoms with van der Waals surface area (Å²) >= 11 is 0. The number of hydrogen-bond donors (Lipinski definition) is 3. The fraction of sp³-hybridized carbons (Fsp3) is 0.776. The van der Waals surface area contributed by atoms with Gasteiger partial charge in [0.2, 0.25) is 5.91 Å². The number of aliphatic hydroxyl groups is 1. The van der Waals surface area contributed by atoms with Crippen molar-refractivity contribution >= 4 is 13.7 Å². The Kier molecular flexibility index (Phi) is 47.4. The van der Waals surface area contributed by atoms with E-state index in [9.17, 15) is 19.4 Å². The highest BCUT2D eigenvalue weighted by molar-refractivity contribution is 7.47. The number of rotatable bonds is 50. The van der Waals surface area contributed by atoms with E-state index in [-0.39, 0.29) is 19.1 Å². The van der Waals surface area contributed by atoms with E-state index in [4.69, 9.17) is 9.05 Å². The number of nitrogens with zero attached hydrogens (tertiary/aromatic N) is 1. The fourth-order valence-electron chi connectivity index (χ4n) is 7.73. The van der Waals surface area contributed by atoms with Crippen molar-refractivity contribution in [1.82, 2.24) is 5.32 Å². The number of aliphatic hydroxyl groups excluding tert-OH is 1. The van der Waals surface area contributed by atoms with Crippen LogP contribution in [0.25, 0.3) is 0 Å². The summed E-state index contributed by atoms with van der Waals surface area (Å²) in [5, 5.41) is 13.9. The van der Waals surface area contributed by atoms with E-state index >= 15 is 0 Å². The summed E-state index contributed by atoms with van der Waals surface area (Å²) in [6, 6.07) is -0.881. The average Bonchev–Trinajstić information content (AvgIpc) is 3.29. The number of nitrogens with one attached hydrogen (secondary N) is 1. The number of amides is 1. The van der Waals surface area contributed by atoms with Crippen molar-refractivity contribution in [2.75, 3.05) is 40.9 Å². The van der Waals surface area contributed by atoms with Gasteiger partial charge in [-0.25, -0.2) is 4.57 Å². The lowest BCUT2D eigenvalue weighted by molar-refractivity contribution is -0.870. The predicted molar refractivity (Wildman–Crippen MR) is 290 cm³/mol. The van der Waals surface area contributed by atoms with E-state index in [0.29, 0.717) is 17.4 Å². The van der Waals surface area contributed by atoms with Crippen LogP contribution in [0, 0.1) is 0 Å². The molecule has 390 valence electrons. The molecular formula is C58H108N2O6P+. The molecule has 0 aromatic heterocycles. The number of carbonyl (C=O) groups is 1. The molecule has 0 radical (unpaired) electrons. The zero-order chi connectivity index (χ0) is 49.2. The first-order valence-corrected chi connectivity index (χ1v) is 29.3. The van der Waals surface area contributed by atoms with Crippen LogP contribution in [0.1, 0.15) is 239 Å². The normalized spacial score (nSPS) is 14.6. The van der Waals surface area contributed by atoms with E-state index in [2.05, 4.69) is 79.9 Å². The van der Waals surface area contributed by atoms with Crippen molar-refractivity contribution in [3.05, 3.63) is 72.9 Å². The number of likely N-dealkylation sites (N-methyl/N-ethyl adjacent to an activating group) is 1. The van der Waals surface area contributed by atoms with Crippen LogP contribution in [0.4, 0.5) is 0 Å². The molecule has 0 fully saturated rings. The van der Waals surface area contributed by atoms with Crippen molar-refractivity contribution in [2.45, 2.75) is 251 Å². The number of allylic oxidation sites excluding steroid dienone is 11. The number of quaternary nitrogens is 1. The summed E-state index contributed by atoms with van der Waals surface area (Å²) in [5.41, 5.74) is 0. The second-order valence-electron chi connectivity index (χ2n) is 19.9. The Balaban J connectivity index is 4.35. The van der Waals surface area contributed by atoms with Crippen LogP contribution in [0.2, 0.25) is 0 Å². The molecule has 3 N–H and O–H groups in total. The minimum absolute atomic E-state index is 0.0476. The van der Waals surface area contributed by atoms with Crippen molar-refractivity contribution < 1.29 is 32.9 Å². The molecule has 0 bridgehead atoms. The fourth-order valence-corrected chi connectivity index (χ4v) is 8.46. The van der Waals surface area contributed by atoms with Gasteiger partial charge in [0.05, 0.1) is 39.9 Å². The molecule has 1 amide bonds. The molecular weight excluding hydrogens is 852 g/mol. The van der Waals surface area contributed by atoms with Gasteiger partial charge in [-0.1, -0.05) is 222 Å². The van der Waals surface area contributed by atoms with Crippen molar-refractivity contribution in [1.29, 1.82) is 0 Å². The molecule has 0 heterocycles. The number of carbonyl (C=O) groups excluding carboxylic acids is 1. The van der Waals surface area contributed by atoms with Gasteiger partial charge in [0.1, 0.15) is 13.2 Å². The third kappa shape index (κ3) is 51.6. The first-order chi connectivity index (χ1) is 32.5. The quantitative estimate of drug-likeness (QED) is 0.0243. The minimum atomic E-state index is -4.37. The molecule has 3 atom stereocenters. The predicted octanol–water partition coefficient (Wildman–Crippen LogP) is 16.7. The molecule has 0 rings (SSSR count). The van der Waals surface area contributed by atoms with Crippen LogP contribution in [0.5, 0.6) is 0 Å². The molecule has 0 aliphatic rings. The van der Waals surface area contributed by atoms with Crippen molar-refractivity contribution in [3.8, 4) is 0 Å². The van der Waals surface area contributed by atoms with Crippen molar-refractivity contribution in [2.24, 2.45) is 0 Å². The van der Waals surface area contributed by atoms with Crippen LogP contribution in [-0.4, -0.2) is 73.4 Å². The summed E-state index contributed by atoms with van der Waals surface area (Å²) in [5.74, 6) is -0.205. The highest BCUT2D eigenvalue weighted by Gasteiger charge is 2.27. The van der Waals surface area contributed by atoms with Crippen molar-refractivity contribution in [3.63, 3.8) is 0 Å². The Bertz CT molecular complexity index is 1320. The average molecular weight is 960 g/mol. The number of unbranched alkanes of at least 4 members (excludes halogenated alkanes) is 27. The topological polar surface area (TPSA) is 105 Å². The molecule has 67 heavy (non-hydrogen) atoms. The van der Waals surface area contributed by atoms with Gasteiger partial charge in [-0.15, -0.1) is 0 Å². The Morgan fingerprint density at radius 2 is 0.866 bits per heavy atom. The van der Waals surface area contributed by atoms with Gasteiger partial charge in [0.25, 0.3) is 0 Å². The summed E-state index contributed by atoms with van der Waals surface area (Å²) in [6.45, 7) is 4.76. The summed E-state index contributed by atoms with van der Waals surface area (Å²) in [7, 11) is 1.53. The zero-order valence-electron chi connectivity index (χ0n) is 44.4. The monoisotopic (exact) mass is 960 g/mol. The van der Waals surface area contributed by atoms with Gasteiger partial charge < -0.3 is 19.8 Å². The highest BCUT2D eigenvalue weighted by Crippen LogP contribution is 2.43. The molecule has 8 nitrogen and oxygen atoms in total. The first-order valence-electron chi connectivity index (χ1n) is 27.8. The lowest BCUT2D eigenvalue weighted by atomic mass is 10.0. The summed E-state index contributed by atoms with van der Waals surface area (Å²) in [4.78, 5) is 23.2. The number of phosphoric acid groups is 1. The molecule has 0 aliphatic carbocycles. The van der Waals surface area contributed by atoms with E-state index in [1.165, 1.54) is 148 Å². The van der Waals surface area contributed by atoms with Gasteiger partial charge in [0.15, 0.2) is 0 Å². The van der Waals surface area contributed by atoms with E-state index in [1.54, 1.807) is 6.08 Å². The highest BCUT2D eigenvalue weighted by atomic mass is 31.2.